The summed E-state index contributed by atoms with van der Waals surface area (Å²) in [6.45, 7) is 8.98. The van der Waals surface area contributed by atoms with E-state index in [0.717, 1.165) is 36.3 Å². The summed E-state index contributed by atoms with van der Waals surface area (Å²) in [7, 11) is 0. The van der Waals surface area contributed by atoms with Crippen molar-refractivity contribution in [2.45, 2.75) is 58.9 Å². The second-order valence-corrected chi connectivity index (χ2v) is 8.24. The fraction of sp³-hybridized carbons (Fsp3) is 0.417. The zero-order valence-corrected chi connectivity index (χ0v) is 17.4. The van der Waals surface area contributed by atoms with Crippen LogP contribution in [0.2, 0.25) is 0 Å². The van der Waals surface area contributed by atoms with Gasteiger partial charge in [-0.25, -0.2) is 5.01 Å². The van der Waals surface area contributed by atoms with Gasteiger partial charge in [0, 0.05) is 12.8 Å². The molecule has 1 heterocycles. The first-order chi connectivity index (χ1) is 13.3. The van der Waals surface area contributed by atoms with Crippen LogP contribution in [0.1, 0.15) is 56.2 Å². The molecule has 0 aromatic heterocycles. The topological polar surface area (TPSA) is 41.9 Å². The maximum Gasteiger partial charge on any atom is 0.243 e. The van der Waals surface area contributed by atoms with Crippen LogP contribution in [0.25, 0.3) is 0 Å². The number of hydrazone groups is 1. The molecule has 0 fully saturated rings. The van der Waals surface area contributed by atoms with Crippen molar-refractivity contribution in [1.29, 1.82) is 0 Å². The van der Waals surface area contributed by atoms with Gasteiger partial charge >= 0.3 is 0 Å². The maximum atomic E-state index is 12.8. The second-order valence-electron chi connectivity index (χ2n) is 8.24. The summed E-state index contributed by atoms with van der Waals surface area (Å²) in [5.41, 5.74) is 4.28. The van der Waals surface area contributed by atoms with E-state index in [1.165, 1.54) is 11.1 Å². The Labute approximate surface area is 168 Å². The molecule has 0 N–H and O–H groups in total. The van der Waals surface area contributed by atoms with E-state index in [-0.39, 0.29) is 11.4 Å². The highest BCUT2D eigenvalue weighted by Crippen LogP contribution is 2.31. The molecule has 0 unspecified atom stereocenters. The summed E-state index contributed by atoms with van der Waals surface area (Å²) in [6, 6.07) is 16.2. The van der Waals surface area contributed by atoms with Gasteiger partial charge in [0.05, 0.1) is 17.9 Å². The first-order valence-corrected chi connectivity index (χ1v) is 10.0. The molecular weight excluding hydrogens is 348 g/mol. The molecule has 0 radical (unpaired) electrons. The van der Waals surface area contributed by atoms with Crippen LogP contribution in [-0.4, -0.2) is 28.8 Å². The minimum absolute atomic E-state index is 0.0871. The third-order valence-electron chi connectivity index (χ3n) is 4.98. The van der Waals surface area contributed by atoms with Crippen LogP contribution < -0.4 is 4.74 Å². The van der Waals surface area contributed by atoms with Crippen LogP contribution in [0.15, 0.2) is 53.6 Å². The Balaban J connectivity index is 1.55. The quantitative estimate of drug-likeness (QED) is 0.616. The van der Waals surface area contributed by atoms with Gasteiger partial charge in [-0.2, -0.15) is 5.10 Å². The first kappa shape index (κ1) is 20.1. The number of aryl methyl sites for hydroxylation is 2. The number of unbranched alkanes of at least 4 members (excludes halogenated alkanes) is 1. The Kier molecular flexibility index (Phi) is 6.18. The van der Waals surface area contributed by atoms with E-state index >= 15 is 0 Å². The largest absolute Gasteiger partial charge is 0.494 e. The molecule has 0 saturated carbocycles. The van der Waals surface area contributed by atoms with Crippen LogP contribution in [0.5, 0.6) is 5.75 Å². The second kappa shape index (κ2) is 8.59. The van der Waals surface area contributed by atoms with Crippen molar-refractivity contribution in [3.63, 3.8) is 0 Å². The highest BCUT2D eigenvalue weighted by Gasteiger charge is 2.38. The van der Waals surface area contributed by atoms with Gasteiger partial charge in [-0.3, -0.25) is 4.79 Å². The Bertz CT molecular complexity index is 836. The van der Waals surface area contributed by atoms with Crippen molar-refractivity contribution in [2.75, 3.05) is 6.61 Å². The average molecular weight is 379 g/mol. The molecule has 0 bridgehead atoms. The number of nitrogens with zero attached hydrogens (tertiary/aromatic N) is 2. The summed E-state index contributed by atoms with van der Waals surface area (Å²) >= 11 is 0. The van der Waals surface area contributed by atoms with Crippen LogP contribution in [0, 0.1) is 13.8 Å². The molecule has 2 aromatic rings. The highest BCUT2D eigenvalue weighted by molar-refractivity contribution is 6.03. The monoisotopic (exact) mass is 378 g/mol. The van der Waals surface area contributed by atoms with Gasteiger partial charge in [-0.05, 0) is 58.2 Å². The summed E-state index contributed by atoms with van der Waals surface area (Å²) in [4.78, 5) is 12.8. The zero-order chi connectivity index (χ0) is 20.1. The van der Waals surface area contributed by atoms with Crippen LogP contribution in [0.3, 0.4) is 0 Å². The number of benzene rings is 2. The van der Waals surface area contributed by atoms with Gasteiger partial charge in [-0.15, -0.1) is 0 Å². The molecule has 0 atom stereocenters. The van der Waals surface area contributed by atoms with E-state index in [4.69, 9.17) is 9.84 Å². The predicted octanol–water partition coefficient (Wildman–Crippen LogP) is 5.27. The first-order valence-electron chi connectivity index (χ1n) is 10.0. The molecule has 0 spiro atoms. The van der Waals surface area contributed by atoms with Crippen molar-refractivity contribution in [3.8, 4) is 5.75 Å². The fourth-order valence-electron chi connectivity index (χ4n) is 3.66. The summed E-state index contributed by atoms with van der Waals surface area (Å²) in [5, 5.41) is 6.40. The third kappa shape index (κ3) is 5.00. The van der Waals surface area contributed by atoms with Gasteiger partial charge < -0.3 is 4.74 Å². The number of hydrogen-bond acceptors (Lipinski definition) is 3. The Morgan fingerprint density at radius 1 is 1.07 bits per heavy atom. The molecule has 1 aliphatic heterocycles. The summed E-state index contributed by atoms with van der Waals surface area (Å²) in [5.74, 6) is 0.960. The number of para-hydroxylation sites is 1. The standard InChI is InChI=1S/C24H30N2O2/c1-18-14-19(2)16-20(15-18)22-17-24(3,4)26(25-22)23(27)12-8-9-13-28-21-10-6-5-7-11-21/h5-7,10-11,14-16H,8-9,12-13,17H2,1-4H3. The maximum absolute atomic E-state index is 12.8. The number of carbonyl (C=O) groups excluding carboxylic acids is 1. The number of amides is 1. The van der Waals surface area contributed by atoms with Crippen molar-refractivity contribution in [2.24, 2.45) is 5.10 Å². The van der Waals surface area contributed by atoms with Crippen LogP contribution in [-0.2, 0) is 4.79 Å². The fourth-order valence-corrected chi connectivity index (χ4v) is 3.66. The molecule has 4 nitrogen and oxygen atoms in total. The summed E-state index contributed by atoms with van der Waals surface area (Å²) < 4.78 is 5.70. The van der Waals surface area contributed by atoms with E-state index in [1.807, 2.05) is 30.3 Å². The number of carbonyl (C=O) groups is 1. The Morgan fingerprint density at radius 3 is 2.43 bits per heavy atom. The molecule has 3 rings (SSSR count). The van der Waals surface area contributed by atoms with Gasteiger partial charge in [0.25, 0.3) is 0 Å². The molecule has 28 heavy (non-hydrogen) atoms. The van der Waals surface area contributed by atoms with Crippen LogP contribution >= 0.6 is 0 Å². The van der Waals surface area contributed by atoms with Crippen LogP contribution in [0.4, 0.5) is 0 Å². The molecule has 1 amide bonds. The lowest BCUT2D eigenvalue weighted by atomic mass is 9.93. The molecule has 4 heteroatoms. The smallest absolute Gasteiger partial charge is 0.243 e. The Morgan fingerprint density at radius 2 is 1.75 bits per heavy atom. The lowest BCUT2D eigenvalue weighted by Crippen LogP contribution is -2.40. The molecule has 2 aromatic carbocycles. The van der Waals surface area contributed by atoms with Crippen molar-refractivity contribution >= 4 is 11.6 Å². The van der Waals surface area contributed by atoms with E-state index in [9.17, 15) is 4.79 Å². The molecule has 0 saturated heterocycles. The average Bonchev–Trinajstić information content (AvgIpc) is 2.97. The van der Waals surface area contributed by atoms with E-state index < -0.39 is 0 Å². The van der Waals surface area contributed by atoms with Crippen molar-refractivity contribution in [3.05, 3.63) is 65.2 Å². The molecular formula is C24H30N2O2. The molecule has 148 valence electrons. The lowest BCUT2D eigenvalue weighted by Gasteiger charge is -2.28. The minimum Gasteiger partial charge on any atom is -0.494 e. The van der Waals surface area contributed by atoms with E-state index in [1.54, 1.807) is 5.01 Å². The molecule has 0 aliphatic carbocycles. The summed E-state index contributed by atoms with van der Waals surface area (Å²) in [6.07, 6.45) is 2.92. The van der Waals surface area contributed by atoms with Gasteiger partial charge in [0.15, 0.2) is 0 Å². The van der Waals surface area contributed by atoms with Gasteiger partial charge in [-0.1, -0.05) is 47.5 Å². The minimum atomic E-state index is -0.287. The highest BCUT2D eigenvalue weighted by atomic mass is 16.5. The number of hydrogen-bond donors (Lipinski definition) is 0. The van der Waals surface area contributed by atoms with Crippen molar-refractivity contribution < 1.29 is 9.53 Å². The zero-order valence-electron chi connectivity index (χ0n) is 17.4. The van der Waals surface area contributed by atoms with E-state index in [0.29, 0.717) is 13.0 Å². The Hall–Kier alpha value is -2.62. The SMILES string of the molecule is Cc1cc(C)cc(C2=NN(C(=O)CCCCOc3ccccc3)C(C)(C)C2)c1. The normalized spacial score (nSPS) is 15.4. The van der Waals surface area contributed by atoms with Gasteiger partial charge in [0.2, 0.25) is 5.91 Å². The lowest BCUT2D eigenvalue weighted by molar-refractivity contribution is -0.135. The predicted molar refractivity (Wildman–Crippen MR) is 114 cm³/mol. The number of rotatable bonds is 7. The van der Waals surface area contributed by atoms with Crippen molar-refractivity contribution in [1.82, 2.24) is 5.01 Å². The third-order valence-corrected chi connectivity index (χ3v) is 4.98. The molecule has 1 aliphatic rings. The van der Waals surface area contributed by atoms with E-state index in [2.05, 4.69) is 45.9 Å². The van der Waals surface area contributed by atoms with Gasteiger partial charge in [0.1, 0.15) is 5.75 Å². The number of ether oxygens (including phenoxy) is 1.